The predicted molar refractivity (Wildman–Crippen MR) is 84.1 cm³/mol. The number of carboxylic acids is 1. The van der Waals surface area contributed by atoms with Gasteiger partial charge < -0.3 is 9.90 Å². The summed E-state index contributed by atoms with van der Waals surface area (Å²) in [6.45, 7) is 1.81. The number of aromatic carboxylic acids is 1. The molecule has 0 spiro atoms. The molecule has 2 heterocycles. The van der Waals surface area contributed by atoms with Crippen molar-refractivity contribution in [2.75, 3.05) is 5.43 Å². The van der Waals surface area contributed by atoms with Crippen molar-refractivity contribution in [3.05, 3.63) is 46.2 Å². The van der Waals surface area contributed by atoms with Crippen LogP contribution in [0.15, 0.2) is 41.5 Å². The Morgan fingerprint density at radius 2 is 1.95 bits per heavy atom. The monoisotopic (exact) mass is 316 g/mol. The molecule has 21 heavy (non-hydrogen) atoms. The first-order valence-corrected chi connectivity index (χ1v) is 7.74. The zero-order valence-electron chi connectivity index (χ0n) is 11.0. The van der Waals surface area contributed by atoms with Gasteiger partial charge in [0.1, 0.15) is 0 Å². The van der Waals surface area contributed by atoms with Crippen LogP contribution in [-0.2, 0) is 0 Å². The summed E-state index contributed by atoms with van der Waals surface area (Å²) in [5.41, 5.74) is 4.53. The highest BCUT2D eigenvalue weighted by atomic mass is 32.1. The van der Waals surface area contributed by atoms with E-state index in [4.69, 9.17) is 0 Å². The zero-order valence-corrected chi connectivity index (χ0v) is 12.6. The summed E-state index contributed by atoms with van der Waals surface area (Å²) in [6.07, 6.45) is 0. The fourth-order valence-corrected chi connectivity index (χ4v) is 3.34. The quantitative estimate of drug-likeness (QED) is 0.593. The molecule has 0 aliphatic heterocycles. The molecule has 1 aromatic carbocycles. The molecule has 0 amide bonds. The highest BCUT2D eigenvalue weighted by molar-refractivity contribution is 7.22. The number of anilines is 1. The number of nitrogens with one attached hydrogen (secondary N) is 1. The maximum absolute atomic E-state index is 10.8. The third kappa shape index (κ3) is 2.93. The Bertz CT molecular complexity index is 802. The number of aromatic nitrogens is 1. The van der Waals surface area contributed by atoms with Gasteiger partial charge in [0.25, 0.3) is 0 Å². The minimum absolute atomic E-state index is 0.194. The average molecular weight is 316 g/mol. The molecule has 5 nitrogen and oxygen atoms in total. The minimum Gasteiger partial charge on any atom is -0.544 e. The van der Waals surface area contributed by atoms with E-state index in [0.29, 0.717) is 10.8 Å². The molecule has 0 radical (unpaired) electrons. The lowest BCUT2D eigenvalue weighted by atomic mass is 10.3. The SMILES string of the molecule is C/C(=N/Nc1nc2ccccc2s1)c1ccc(C(=O)[O-])s1. The van der Waals surface area contributed by atoms with Crippen molar-refractivity contribution in [2.45, 2.75) is 6.92 Å². The van der Waals surface area contributed by atoms with Crippen LogP contribution >= 0.6 is 22.7 Å². The Hall–Kier alpha value is -2.25. The standard InChI is InChI=1S/C14H11N3O2S2/c1-8(10-6-7-12(20-10)13(18)19)16-17-14-15-9-4-2-3-5-11(9)21-14/h2-7H,1H3,(H,15,17)(H,18,19)/p-1/b16-8-. The fraction of sp³-hybridized carbons (Fsp3) is 0.0714. The van der Waals surface area contributed by atoms with Crippen molar-refractivity contribution < 1.29 is 9.90 Å². The summed E-state index contributed by atoms with van der Waals surface area (Å²) in [4.78, 5) is 16.1. The maximum atomic E-state index is 10.8. The van der Waals surface area contributed by atoms with Gasteiger partial charge in [0.15, 0.2) is 0 Å². The van der Waals surface area contributed by atoms with Crippen LogP contribution in [0.25, 0.3) is 10.2 Å². The lowest BCUT2D eigenvalue weighted by Gasteiger charge is -1.98. The summed E-state index contributed by atoms with van der Waals surface area (Å²) in [6, 6.07) is 11.1. The molecule has 0 unspecified atom stereocenters. The van der Waals surface area contributed by atoms with Gasteiger partial charge in [-0.1, -0.05) is 23.5 Å². The largest absolute Gasteiger partial charge is 0.544 e. The zero-order chi connectivity index (χ0) is 14.8. The number of carbonyl (C=O) groups is 1. The second kappa shape index (κ2) is 5.63. The Morgan fingerprint density at radius 3 is 2.67 bits per heavy atom. The first-order chi connectivity index (χ1) is 10.1. The average Bonchev–Trinajstić information content (AvgIpc) is 3.11. The van der Waals surface area contributed by atoms with E-state index in [-0.39, 0.29) is 4.88 Å². The molecule has 106 valence electrons. The molecule has 1 N–H and O–H groups in total. The van der Waals surface area contributed by atoms with Gasteiger partial charge in [0.05, 0.1) is 31.7 Å². The van der Waals surface area contributed by atoms with Gasteiger partial charge in [0.2, 0.25) is 5.13 Å². The number of hydrogen-bond donors (Lipinski definition) is 1. The first-order valence-electron chi connectivity index (χ1n) is 6.11. The van der Waals surface area contributed by atoms with E-state index in [0.717, 1.165) is 26.4 Å². The summed E-state index contributed by atoms with van der Waals surface area (Å²) in [5, 5.41) is 15.7. The highest BCUT2D eigenvalue weighted by Gasteiger charge is 2.05. The van der Waals surface area contributed by atoms with E-state index in [1.165, 1.54) is 17.4 Å². The number of carbonyl (C=O) groups excluding carboxylic acids is 1. The predicted octanol–water partition coefficient (Wildman–Crippen LogP) is 2.56. The van der Waals surface area contributed by atoms with Crippen molar-refractivity contribution in [1.29, 1.82) is 0 Å². The van der Waals surface area contributed by atoms with Crippen molar-refractivity contribution in [2.24, 2.45) is 5.10 Å². The summed E-state index contributed by atoms with van der Waals surface area (Å²) in [5.74, 6) is -1.17. The smallest absolute Gasteiger partial charge is 0.204 e. The van der Waals surface area contributed by atoms with Crippen LogP contribution in [0.4, 0.5) is 5.13 Å². The molecular weight excluding hydrogens is 306 g/mol. The van der Waals surface area contributed by atoms with Gasteiger partial charge in [-0.2, -0.15) is 5.10 Å². The van der Waals surface area contributed by atoms with E-state index in [2.05, 4.69) is 15.5 Å². The van der Waals surface area contributed by atoms with Crippen LogP contribution in [0, 0.1) is 0 Å². The number of nitrogens with zero attached hydrogens (tertiary/aromatic N) is 2. The van der Waals surface area contributed by atoms with Crippen LogP contribution in [0.3, 0.4) is 0 Å². The molecule has 3 rings (SSSR count). The Labute approximate surface area is 128 Å². The van der Waals surface area contributed by atoms with E-state index < -0.39 is 5.97 Å². The molecule has 0 saturated heterocycles. The molecule has 3 aromatic rings. The van der Waals surface area contributed by atoms with Gasteiger partial charge in [-0.25, -0.2) is 4.98 Å². The van der Waals surface area contributed by atoms with Crippen molar-refractivity contribution in [3.63, 3.8) is 0 Å². The van der Waals surface area contributed by atoms with E-state index in [1.54, 1.807) is 6.07 Å². The Morgan fingerprint density at radius 1 is 1.19 bits per heavy atom. The lowest BCUT2D eigenvalue weighted by molar-refractivity contribution is -0.254. The van der Waals surface area contributed by atoms with Gasteiger partial charge >= 0.3 is 0 Å². The number of para-hydroxylation sites is 1. The number of hydrazone groups is 1. The summed E-state index contributed by atoms with van der Waals surface area (Å²) >= 11 is 2.65. The third-order valence-electron chi connectivity index (χ3n) is 2.78. The van der Waals surface area contributed by atoms with Crippen LogP contribution in [0.5, 0.6) is 0 Å². The number of fused-ring (bicyclic) bond motifs is 1. The van der Waals surface area contributed by atoms with Crippen molar-refractivity contribution >= 4 is 49.7 Å². The molecule has 0 bridgehead atoms. The molecule has 7 heteroatoms. The Balaban J connectivity index is 1.79. The van der Waals surface area contributed by atoms with Gasteiger partial charge in [-0.3, -0.25) is 5.43 Å². The van der Waals surface area contributed by atoms with E-state index in [1.807, 2.05) is 31.2 Å². The van der Waals surface area contributed by atoms with Gasteiger partial charge in [-0.05, 0) is 31.2 Å². The fourth-order valence-electron chi connectivity index (χ4n) is 1.75. The molecule has 0 aliphatic rings. The van der Waals surface area contributed by atoms with Gasteiger partial charge in [-0.15, -0.1) is 11.3 Å². The Kier molecular flexibility index (Phi) is 3.68. The normalized spacial score (nSPS) is 11.8. The number of hydrogen-bond acceptors (Lipinski definition) is 7. The van der Waals surface area contributed by atoms with Crippen molar-refractivity contribution in [3.8, 4) is 0 Å². The summed E-state index contributed by atoms with van der Waals surface area (Å²) in [7, 11) is 0. The summed E-state index contributed by atoms with van der Waals surface area (Å²) < 4.78 is 1.09. The molecular formula is C14H10N3O2S2-. The third-order valence-corrected chi connectivity index (χ3v) is 4.89. The minimum atomic E-state index is -1.17. The number of rotatable bonds is 4. The van der Waals surface area contributed by atoms with Crippen LogP contribution in [0.2, 0.25) is 0 Å². The van der Waals surface area contributed by atoms with Gasteiger partial charge in [0, 0.05) is 0 Å². The maximum Gasteiger partial charge on any atom is 0.204 e. The first kappa shape index (κ1) is 13.7. The van der Waals surface area contributed by atoms with Crippen LogP contribution in [0.1, 0.15) is 21.5 Å². The molecule has 0 aliphatic carbocycles. The molecule has 0 atom stereocenters. The number of benzene rings is 1. The van der Waals surface area contributed by atoms with E-state index in [9.17, 15) is 9.90 Å². The van der Waals surface area contributed by atoms with Crippen molar-refractivity contribution in [1.82, 2.24) is 4.98 Å². The lowest BCUT2D eigenvalue weighted by Crippen LogP contribution is -2.20. The second-order valence-electron chi connectivity index (χ2n) is 4.25. The molecule has 0 fully saturated rings. The number of carboxylic acid groups (broad SMARTS) is 1. The number of thiazole rings is 1. The highest BCUT2D eigenvalue weighted by Crippen LogP contribution is 2.25. The molecule has 0 saturated carbocycles. The van der Waals surface area contributed by atoms with E-state index >= 15 is 0 Å². The second-order valence-corrected chi connectivity index (χ2v) is 6.36. The van der Waals surface area contributed by atoms with Crippen LogP contribution < -0.4 is 10.5 Å². The number of thiophene rings is 1. The topological polar surface area (TPSA) is 77.4 Å². The van der Waals surface area contributed by atoms with Crippen LogP contribution in [-0.4, -0.2) is 16.7 Å². The molecule has 2 aromatic heterocycles.